The molecule has 0 aromatic heterocycles. The quantitative estimate of drug-likeness (QED) is 0.768. The minimum absolute atomic E-state index is 0.307. The summed E-state index contributed by atoms with van der Waals surface area (Å²) in [6.45, 7) is 4.78. The van der Waals surface area contributed by atoms with Crippen LogP contribution >= 0.6 is 15.9 Å². The van der Waals surface area contributed by atoms with Crippen molar-refractivity contribution in [2.24, 2.45) is 5.41 Å². The van der Waals surface area contributed by atoms with Crippen LogP contribution in [0.25, 0.3) is 0 Å². The van der Waals surface area contributed by atoms with Crippen molar-refractivity contribution in [2.75, 3.05) is 6.61 Å². The summed E-state index contributed by atoms with van der Waals surface area (Å²) in [5.74, 6) is 0. The zero-order valence-corrected chi connectivity index (χ0v) is 13.2. The van der Waals surface area contributed by atoms with Crippen LogP contribution in [-0.4, -0.2) is 15.0 Å². The highest BCUT2D eigenvalue weighted by Crippen LogP contribution is 2.36. The normalized spacial score (nSPS) is 13.6. The van der Waals surface area contributed by atoms with Crippen molar-refractivity contribution in [3.63, 3.8) is 0 Å². The Bertz CT molecular complexity index is 550. The van der Waals surface area contributed by atoms with E-state index in [4.69, 9.17) is 0 Å². The molecule has 0 aliphatic carbocycles. The lowest BCUT2D eigenvalue weighted by atomic mass is 9.99. The Balaban J connectivity index is 3.05. The number of alkyl halides is 2. The Hall–Kier alpha value is -0.530. The predicted octanol–water partition coefficient (Wildman–Crippen LogP) is 3.89. The van der Waals surface area contributed by atoms with Crippen LogP contribution in [0.5, 0.6) is 0 Å². The molecule has 3 nitrogen and oxygen atoms in total. The second-order valence-corrected chi connectivity index (χ2v) is 7.88. The van der Waals surface area contributed by atoms with Gasteiger partial charge in [-0.25, -0.2) is 0 Å². The van der Waals surface area contributed by atoms with E-state index < -0.39 is 26.4 Å². The molecule has 0 atom stereocenters. The first-order chi connectivity index (χ1) is 8.46. The molecule has 19 heavy (non-hydrogen) atoms. The molecule has 7 heteroatoms. The molecule has 1 aromatic carbocycles. The molecule has 0 aliphatic rings. The molecule has 0 fully saturated rings. The van der Waals surface area contributed by atoms with Gasteiger partial charge in [0.25, 0.3) is 0 Å². The lowest BCUT2D eigenvalue weighted by molar-refractivity contribution is 0.0644. The third kappa shape index (κ3) is 4.22. The Morgan fingerprint density at radius 2 is 1.84 bits per heavy atom. The van der Waals surface area contributed by atoms with Crippen molar-refractivity contribution >= 4 is 26.0 Å². The van der Waals surface area contributed by atoms with Gasteiger partial charge in [0.2, 0.25) is 0 Å². The van der Waals surface area contributed by atoms with E-state index in [2.05, 4.69) is 20.1 Å². The van der Waals surface area contributed by atoms with Crippen molar-refractivity contribution in [2.45, 2.75) is 26.0 Å². The minimum Gasteiger partial charge on any atom is -0.265 e. The zero-order valence-electron chi connectivity index (χ0n) is 10.8. The number of hydrogen-bond donors (Lipinski definition) is 0. The fraction of sp³-hybridized carbons (Fsp3) is 0.500. The maximum absolute atomic E-state index is 14.0. The van der Waals surface area contributed by atoms with E-state index in [1.54, 1.807) is 20.8 Å². The summed E-state index contributed by atoms with van der Waals surface area (Å²) < 4.78 is 56.0. The molecule has 0 amide bonds. The predicted molar refractivity (Wildman–Crippen MR) is 72.4 cm³/mol. The molecular weight excluding hydrogens is 342 g/mol. The van der Waals surface area contributed by atoms with Crippen LogP contribution in [0.1, 0.15) is 26.3 Å². The van der Waals surface area contributed by atoms with Crippen molar-refractivity contribution < 1.29 is 21.4 Å². The van der Waals surface area contributed by atoms with Gasteiger partial charge in [-0.3, -0.25) is 4.18 Å². The van der Waals surface area contributed by atoms with Gasteiger partial charge in [0.1, 0.15) is 0 Å². The van der Waals surface area contributed by atoms with Gasteiger partial charge >= 0.3 is 15.4 Å². The lowest BCUT2D eigenvalue weighted by Gasteiger charge is -2.21. The summed E-state index contributed by atoms with van der Waals surface area (Å²) in [5.41, 5.74) is -1.16. The van der Waals surface area contributed by atoms with Gasteiger partial charge in [-0.05, 0) is 17.5 Å². The first-order valence-corrected chi connectivity index (χ1v) is 7.69. The van der Waals surface area contributed by atoms with Crippen LogP contribution in [0.4, 0.5) is 8.78 Å². The molecule has 0 spiro atoms. The average Bonchev–Trinajstić information content (AvgIpc) is 2.25. The third-order valence-electron chi connectivity index (χ3n) is 2.12. The summed E-state index contributed by atoms with van der Waals surface area (Å²) in [7, 11) is -5.02. The maximum Gasteiger partial charge on any atom is 0.395 e. The Kier molecular flexibility index (Phi) is 4.75. The molecule has 1 rings (SSSR count). The van der Waals surface area contributed by atoms with Crippen LogP contribution in [0.3, 0.4) is 0 Å². The minimum atomic E-state index is -5.02. The summed E-state index contributed by atoms with van der Waals surface area (Å²) in [5, 5.41) is -4.08. The Morgan fingerprint density at radius 3 is 2.32 bits per heavy atom. The largest absolute Gasteiger partial charge is 0.395 e. The molecule has 0 aliphatic heterocycles. The Morgan fingerprint density at radius 1 is 1.26 bits per heavy atom. The van der Waals surface area contributed by atoms with Gasteiger partial charge < -0.3 is 0 Å². The number of benzene rings is 1. The first-order valence-electron chi connectivity index (χ1n) is 5.48. The molecule has 0 saturated heterocycles. The van der Waals surface area contributed by atoms with Gasteiger partial charge in [-0.2, -0.15) is 17.2 Å². The van der Waals surface area contributed by atoms with Crippen molar-refractivity contribution in [1.82, 2.24) is 0 Å². The second kappa shape index (κ2) is 5.46. The molecule has 0 radical (unpaired) electrons. The summed E-state index contributed by atoms with van der Waals surface area (Å²) in [6, 6.07) is 4.97. The van der Waals surface area contributed by atoms with Gasteiger partial charge in [0, 0.05) is 10.0 Å². The van der Waals surface area contributed by atoms with Crippen LogP contribution < -0.4 is 0 Å². The molecule has 0 bridgehead atoms. The Labute approximate surface area is 120 Å². The van der Waals surface area contributed by atoms with Crippen LogP contribution in [0.15, 0.2) is 28.7 Å². The second-order valence-electron chi connectivity index (χ2n) is 5.30. The van der Waals surface area contributed by atoms with Gasteiger partial charge in [-0.1, -0.05) is 48.8 Å². The molecule has 108 valence electrons. The van der Waals surface area contributed by atoms with Crippen LogP contribution in [-0.2, 0) is 19.6 Å². The van der Waals surface area contributed by atoms with Crippen molar-refractivity contribution in [3.8, 4) is 0 Å². The van der Waals surface area contributed by atoms with E-state index in [-0.39, 0.29) is 6.61 Å². The highest BCUT2D eigenvalue weighted by Gasteiger charge is 2.48. The summed E-state index contributed by atoms with van der Waals surface area (Å²) in [4.78, 5) is 0. The molecular formula is C12H15BrF2O3S. The van der Waals surface area contributed by atoms with Gasteiger partial charge in [-0.15, -0.1) is 0 Å². The highest BCUT2D eigenvalue weighted by molar-refractivity contribution is 9.10. The molecule has 0 saturated carbocycles. The smallest absolute Gasteiger partial charge is 0.265 e. The van der Waals surface area contributed by atoms with E-state index in [9.17, 15) is 17.2 Å². The van der Waals surface area contributed by atoms with E-state index in [0.717, 1.165) is 12.1 Å². The fourth-order valence-electron chi connectivity index (χ4n) is 1.14. The lowest BCUT2D eigenvalue weighted by Crippen LogP contribution is -2.31. The zero-order chi connectivity index (χ0) is 14.9. The van der Waals surface area contributed by atoms with Gasteiger partial charge in [0.15, 0.2) is 0 Å². The van der Waals surface area contributed by atoms with E-state index in [1.165, 1.54) is 12.1 Å². The van der Waals surface area contributed by atoms with E-state index in [0.29, 0.717) is 4.47 Å². The van der Waals surface area contributed by atoms with Crippen molar-refractivity contribution in [3.05, 3.63) is 34.3 Å². The average molecular weight is 357 g/mol. The van der Waals surface area contributed by atoms with Crippen LogP contribution in [0.2, 0.25) is 0 Å². The highest BCUT2D eigenvalue weighted by atomic mass is 79.9. The fourth-order valence-corrected chi connectivity index (χ4v) is 2.61. The number of hydrogen-bond acceptors (Lipinski definition) is 3. The SMILES string of the molecule is CC(C)(C)COS(=O)(=O)C(F)(F)c1cccc(Br)c1. The molecule has 1 aromatic rings. The third-order valence-corrected chi connectivity index (χ3v) is 3.91. The topological polar surface area (TPSA) is 43.4 Å². The van der Waals surface area contributed by atoms with Gasteiger partial charge in [0.05, 0.1) is 6.61 Å². The standard InChI is InChI=1S/C12H15BrF2O3S/c1-11(2,3)8-18-19(16,17)12(14,15)9-5-4-6-10(13)7-9/h4-7H,8H2,1-3H3. The van der Waals surface area contributed by atoms with E-state index >= 15 is 0 Å². The van der Waals surface area contributed by atoms with Crippen molar-refractivity contribution in [1.29, 1.82) is 0 Å². The van der Waals surface area contributed by atoms with E-state index in [1.807, 2.05) is 0 Å². The summed E-state index contributed by atoms with van der Waals surface area (Å²) >= 11 is 3.02. The monoisotopic (exact) mass is 356 g/mol. The number of rotatable bonds is 4. The number of halogens is 3. The first kappa shape index (κ1) is 16.5. The van der Waals surface area contributed by atoms with Crippen LogP contribution in [0, 0.1) is 5.41 Å². The molecule has 0 unspecified atom stereocenters. The molecule has 0 heterocycles. The summed E-state index contributed by atoms with van der Waals surface area (Å²) in [6.07, 6.45) is 0. The maximum atomic E-state index is 14.0. The molecule has 0 N–H and O–H groups in total.